The first kappa shape index (κ1) is 18.7. The van der Waals surface area contributed by atoms with Crippen molar-refractivity contribution < 1.29 is 4.79 Å². The van der Waals surface area contributed by atoms with Crippen LogP contribution in [0.5, 0.6) is 0 Å². The molecule has 3 N–H and O–H groups in total. The molecule has 0 fully saturated rings. The molecule has 1 aromatic heterocycles. The second-order valence-electron chi connectivity index (χ2n) is 6.18. The maximum absolute atomic E-state index is 12.6. The van der Waals surface area contributed by atoms with Crippen LogP contribution in [0.1, 0.15) is 22.9 Å². The minimum absolute atomic E-state index is 0.0632. The number of H-pyrrole nitrogens is 1. The summed E-state index contributed by atoms with van der Waals surface area (Å²) >= 11 is 0. The van der Waals surface area contributed by atoms with Crippen LogP contribution in [0, 0.1) is 13.8 Å². The van der Waals surface area contributed by atoms with Crippen molar-refractivity contribution in [3.8, 4) is 0 Å². The zero-order valence-corrected chi connectivity index (χ0v) is 15.1. The summed E-state index contributed by atoms with van der Waals surface area (Å²) in [5.41, 5.74) is 2.51. The summed E-state index contributed by atoms with van der Waals surface area (Å²) in [5, 5.41) is 5.93. The molecule has 0 aliphatic rings. The number of aryl methyl sites for hydroxylation is 2. The Bertz CT molecular complexity index is 785. The Balaban J connectivity index is 1.93. The van der Waals surface area contributed by atoms with Crippen LogP contribution in [0.15, 0.2) is 35.1 Å². The molecule has 1 heterocycles. The zero-order chi connectivity index (χ0) is 18.4. The van der Waals surface area contributed by atoms with Crippen LogP contribution >= 0.6 is 0 Å². The first-order valence-electron chi connectivity index (χ1n) is 8.20. The first-order valence-corrected chi connectivity index (χ1v) is 8.20. The van der Waals surface area contributed by atoms with Gasteiger partial charge in [0.05, 0.1) is 0 Å². The van der Waals surface area contributed by atoms with Crippen LogP contribution in [0.3, 0.4) is 0 Å². The third-order valence-corrected chi connectivity index (χ3v) is 3.83. The van der Waals surface area contributed by atoms with Gasteiger partial charge in [0.25, 0.3) is 5.56 Å². The summed E-state index contributed by atoms with van der Waals surface area (Å²) in [5.74, 6) is 0.342. The molecule has 0 bridgehead atoms. The molecule has 2 rings (SSSR count). The summed E-state index contributed by atoms with van der Waals surface area (Å²) in [6.07, 6.45) is 0. The van der Waals surface area contributed by atoms with E-state index in [4.69, 9.17) is 0 Å². The lowest BCUT2D eigenvalue weighted by molar-refractivity contribution is -0.125. The standard InChI is InChI=1S/C18H25N5O2/c1-12-7-5-6-8-14(12)16(23(3)4)17(25)19-9-10-20-18-21-13(2)11-15(24)22-18/h5-8,11,16H,9-10H2,1-4H3,(H,19,25)(H2,20,21,22,24)/t16-/m1/s1. The number of aromatic amines is 1. The average molecular weight is 343 g/mol. The lowest BCUT2D eigenvalue weighted by Crippen LogP contribution is -2.39. The van der Waals surface area contributed by atoms with E-state index in [-0.39, 0.29) is 17.5 Å². The highest BCUT2D eigenvalue weighted by molar-refractivity contribution is 5.83. The molecular weight excluding hydrogens is 318 g/mol. The Kier molecular flexibility index (Phi) is 6.30. The van der Waals surface area contributed by atoms with E-state index >= 15 is 0 Å². The second kappa shape index (κ2) is 8.43. The Morgan fingerprint density at radius 2 is 1.96 bits per heavy atom. The van der Waals surface area contributed by atoms with Crippen molar-refractivity contribution in [2.45, 2.75) is 19.9 Å². The number of hydrogen-bond donors (Lipinski definition) is 3. The van der Waals surface area contributed by atoms with E-state index in [9.17, 15) is 9.59 Å². The van der Waals surface area contributed by atoms with Crippen LogP contribution < -0.4 is 16.2 Å². The number of amides is 1. The maximum Gasteiger partial charge on any atom is 0.252 e. The molecule has 1 aromatic carbocycles. The molecule has 1 atom stereocenters. The highest BCUT2D eigenvalue weighted by Crippen LogP contribution is 2.21. The molecule has 2 aromatic rings. The number of anilines is 1. The Labute approximate surface area is 147 Å². The fraction of sp³-hybridized carbons (Fsp3) is 0.389. The van der Waals surface area contributed by atoms with Crippen molar-refractivity contribution in [1.29, 1.82) is 0 Å². The summed E-state index contributed by atoms with van der Waals surface area (Å²) in [6.45, 7) is 4.64. The molecule has 0 spiro atoms. The fourth-order valence-electron chi connectivity index (χ4n) is 2.67. The quantitative estimate of drug-likeness (QED) is 0.658. The summed E-state index contributed by atoms with van der Waals surface area (Å²) in [7, 11) is 3.77. The van der Waals surface area contributed by atoms with Gasteiger partial charge in [-0.3, -0.25) is 19.5 Å². The number of nitrogens with zero attached hydrogens (tertiary/aromatic N) is 2. The van der Waals surface area contributed by atoms with Gasteiger partial charge in [-0.05, 0) is 39.1 Å². The van der Waals surface area contributed by atoms with E-state index in [1.807, 2.05) is 50.2 Å². The van der Waals surface area contributed by atoms with E-state index in [2.05, 4.69) is 20.6 Å². The van der Waals surface area contributed by atoms with Crippen molar-refractivity contribution in [2.75, 3.05) is 32.5 Å². The summed E-state index contributed by atoms with van der Waals surface area (Å²) in [6, 6.07) is 8.95. The largest absolute Gasteiger partial charge is 0.354 e. The van der Waals surface area contributed by atoms with E-state index in [0.717, 1.165) is 11.1 Å². The van der Waals surface area contributed by atoms with E-state index < -0.39 is 0 Å². The van der Waals surface area contributed by atoms with Gasteiger partial charge in [0.15, 0.2) is 0 Å². The second-order valence-corrected chi connectivity index (χ2v) is 6.18. The summed E-state index contributed by atoms with van der Waals surface area (Å²) < 4.78 is 0. The molecule has 7 heteroatoms. The number of benzene rings is 1. The van der Waals surface area contributed by atoms with Crippen LogP contribution in [-0.2, 0) is 4.79 Å². The van der Waals surface area contributed by atoms with Gasteiger partial charge in [-0.1, -0.05) is 24.3 Å². The zero-order valence-electron chi connectivity index (χ0n) is 15.1. The normalized spacial score (nSPS) is 12.0. The third-order valence-electron chi connectivity index (χ3n) is 3.83. The highest BCUT2D eigenvalue weighted by atomic mass is 16.2. The lowest BCUT2D eigenvalue weighted by atomic mass is 10.00. The van der Waals surface area contributed by atoms with Crippen molar-refractivity contribution in [2.24, 2.45) is 0 Å². The molecular formula is C18H25N5O2. The van der Waals surface area contributed by atoms with E-state index in [0.29, 0.717) is 24.7 Å². The van der Waals surface area contributed by atoms with Crippen molar-refractivity contribution in [1.82, 2.24) is 20.2 Å². The van der Waals surface area contributed by atoms with Gasteiger partial charge in [0.1, 0.15) is 6.04 Å². The summed E-state index contributed by atoms with van der Waals surface area (Å²) in [4.78, 5) is 32.7. The number of nitrogens with one attached hydrogen (secondary N) is 3. The van der Waals surface area contributed by atoms with Crippen LogP contribution in [0.25, 0.3) is 0 Å². The number of likely N-dealkylation sites (N-methyl/N-ethyl adjacent to an activating group) is 1. The fourth-order valence-corrected chi connectivity index (χ4v) is 2.67. The maximum atomic E-state index is 12.6. The molecule has 7 nitrogen and oxygen atoms in total. The van der Waals surface area contributed by atoms with Gasteiger partial charge in [0.2, 0.25) is 11.9 Å². The third kappa shape index (κ3) is 5.15. The van der Waals surface area contributed by atoms with Gasteiger partial charge >= 0.3 is 0 Å². The van der Waals surface area contributed by atoms with Crippen LogP contribution in [-0.4, -0.2) is 48.0 Å². The molecule has 0 aliphatic carbocycles. The van der Waals surface area contributed by atoms with Crippen molar-refractivity contribution in [3.05, 3.63) is 57.5 Å². The SMILES string of the molecule is Cc1cc(=O)[nH]c(NCCNC(=O)[C@@H](c2ccccc2C)N(C)C)n1. The van der Waals surface area contributed by atoms with Gasteiger partial charge in [-0.15, -0.1) is 0 Å². The van der Waals surface area contributed by atoms with Crippen LogP contribution in [0.4, 0.5) is 5.95 Å². The van der Waals surface area contributed by atoms with Crippen LogP contribution in [0.2, 0.25) is 0 Å². The number of carbonyl (C=O) groups is 1. The number of carbonyl (C=O) groups excluding carboxylic acids is 1. The van der Waals surface area contributed by atoms with Gasteiger partial charge in [-0.2, -0.15) is 0 Å². The Hall–Kier alpha value is -2.67. The molecule has 134 valence electrons. The highest BCUT2D eigenvalue weighted by Gasteiger charge is 2.23. The van der Waals surface area contributed by atoms with Gasteiger partial charge in [0, 0.05) is 24.8 Å². The Morgan fingerprint density at radius 1 is 1.24 bits per heavy atom. The number of aromatic nitrogens is 2. The van der Waals surface area contributed by atoms with E-state index in [1.165, 1.54) is 6.07 Å². The molecule has 0 saturated heterocycles. The predicted octanol–water partition coefficient (Wildman–Crippen LogP) is 1.22. The van der Waals surface area contributed by atoms with Crippen molar-refractivity contribution in [3.63, 3.8) is 0 Å². The Morgan fingerprint density at radius 3 is 2.60 bits per heavy atom. The number of hydrogen-bond acceptors (Lipinski definition) is 5. The number of rotatable bonds is 7. The average Bonchev–Trinajstić information content (AvgIpc) is 2.52. The smallest absolute Gasteiger partial charge is 0.252 e. The monoisotopic (exact) mass is 343 g/mol. The van der Waals surface area contributed by atoms with Crippen molar-refractivity contribution >= 4 is 11.9 Å². The molecule has 0 unspecified atom stereocenters. The predicted molar refractivity (Wildman–Crippen MR) is 98.7 cm³/mol. The van der Waals surface area contributed by atoms with Gasteiger partial charge in [-0.25, -0.2) is 4.98 Å². The molecule has 0 saturated carbocycles. The molecule has 0 radical (unpaired) electrons. The minimum atomic E-state index is -0.349. The topological polar surface area (TPSA) is 90.1 Å². The van der Waals surface area contributed by atoms with E-state index in [1.54, 1.807) is 6.92 Å². The molecule has 25 heavy (non-hydrogen) atoms. The first-order chi connectivity index (χ1) is 11.9. The molecule has 1 amide bonds. The lowest BCUT2D eigenvalue weighted by Gasteiger charge is -2.25. The van der Waals surface area contributed by atoms with Gasteiger partial charge < -0.3 is 10.6 Å². The molecule has 0 aliphatic heterocycles. The minimum Gasteiger partial charge on any atom is -0.354 e.